The monoisotopic (exact) mass is 481 g/mol. The number of pyridine rings is 1. The first-order chi connectivity index (χ1) is 16.6. The van der Waals surface area contributed by atoms with Crippen molar-refractivity contribution < 1.29 is 18.0 Å². The van der Waals surface area contributed by atoms with Crippen molar-refractivity contribution in [1.29, 1.82) is 5.26 Å². The standard InChI is InChI=1S/C26H26F3N5O/c1-34(2)20-12-16(15-30)11-17(13-20)25(35)32-19-9-7-18(8-10-19)31-23-14-24(26(27,28)29)33-22-6-4-3-5-21(22)23/h3-6,11-14,18-19H,7-10H2,1-2H3,(H,31,33)(H,32,35)/t18-,19+. The van der Waals surface area contributed by atoms with Crippen molar-refractivity contribution in [1.82, 2.24) is 10.3 Å². The van der Waals surface area contributed by atoms with Crippen LogP contribution in [0.3, 0.4) is 0 Å². The Morgan fingerprint density at radius 1 is 1.06 bits per heavy atom. The second kappa shape index (κ2) is 9.82. The van der Waals surface area contributed by atoms with Crippen LogP contribution in [0.1, 0.15) is 47.3 Å². The van der Waals surface area contributed by atoms with Gasteiger partial charge in [0.2, 0.25) is 0 Å². The number of rotatable bonds is 5. The van der Waals surface area contributed by atoms with Gasteiger partial charge < -0.3 is 15.5 Å². The molecule has 1 amide bonds. The number of halogens is 3. The van der Waals surface area contributed by atoms with E-state index in [2.05, 4.69) is 21.7 Å². The molecule has 35 heavy (non-hydrogen) atoms. The first kappa shape index (κ1) is 24.3. The Bertz CT molecular complexity index is 1270. The minimum absolute atomic E-state index is 0.0164. The van der Waals surface area contributed by atoms with Gasteiger partial charge in [0.25, 0.3) is 5.91 Å². The topological polar surface area (TPSA) is 81.0 Å². The summed E-state index contributed by atoms with van der Waals surface area (Å²) in [7, 11) is 3.69. The highest BCUT2D eigenvalue weighted by molar-refractivity contribution is 5.96. The van der Waals surface area contributed by atoms with Crippen LogP contribution in [0.4, 0.5) is 24.5 Å². The van der Waals surface area contributed by atoms with E-state index in [1.165, 1.54) is 0 Å². The van der Waals surface area contributed by atoms with Gasteiger partial charge in [0, 0.05) is 48.5 Å². The molecule has 3 aromatic rings. The van der Waals surface area contributed by atoms with Crippen molar-refractivity contribution in [2.45, 2.75) is 43.9 Å². The highest BCUT2D eigenvalue weighted by Gasteiger charge is 2.34. The van der Waals surface area contributed by atoms with Crippen LogP contribution in [0.15, 0.2) is 48.5 Å². The lowest BCUT2D eigenvalue weighted by atomic mass is 9.90. The molecule has 9 heteroatoms. The van der Waals surface area contributed by atoms with Gasteiger partial charge in [0.1, 0.15) is 5.69 Å². The molecular formula is C26H26F3N5O. The Kier molecular flexibility index (Phi) is 6.83. The second-order valence-electron chi connectivity index (χ2n) is 9.01. The maximum absolute atomic E-state index is 13.4. The van der Waals surface area contributed by atoms with Crippen molar-refractivity contribution in [2.75, 3.05) is 24.3 Å². The molecule has 0 spiro atoms. The summed E-state index contributed by atoms with van der Waals surface area (Å²) in [5, 5.41) is 16.2. The van der Waals surface area contributed by atoms with E-state index in [4.69, 9.17) is 0 Å². The lowest BCUT2D eigenvalue weighted by molar-refractivity contribution is -0.140. The number of fused-ring (bicyclic) bond motifs is 1. The molecule has 1 saturated carbocycles. The molecule has 0 radical (unpaired) electrons. The summed E-state index contributed by atoms with van der Waals surface area (Å²) < 4.78 is 40.1. The van der Waals surface area contributed by atoms with Crippen LogP contribution in [0, 0.1) is 11.3 Å². The van der Waals surface area contributed by atoms with Crippen molar-refractivity contribution in [3.8, 4) is 6.07 Å². The first-order valence-corrected chi connectivity index (χ1v) is 11.4. The van der Waals surface area contributed by atoms with Crippen LogP contribution in [0.2, 0.25) is 0 Å². The molecule has 1 aromatic heterocycles. The lowest BCUT2D eigenvalue weighted by Crippen LogP contribution is -2.40. The Labute approximate surface area is 201 Å². The minimum Gasteiger partial charge on any atom is -0.382 e. The molecule has 1 aliphatic carbocycles. The number of anilines is 2. The number of hydrogen-bond acceptors (Lipinski definition) is 5. The predicted octanol–water partition coefficient (Wildman–Crippen LogP) is 5.34. The molecule has 0 unspecified atom stereocenters. The fourth-order valence-electron chi connectivity index (χ4n) is 4.38. The number of carbonyl (C=O) groups is 1. The zero-order valence-corrected chi connectivity index (χ0v) is 19.5. The molecule has 1 heterocycles. The normalized spacial score (nSPS) is 18.1. The molecule has 182 valence electrons. The number of amides is 1. The summed E-state index contributed by atoms with van der Waals surface area (Å²) in [6.45, 7) is 0. The summed E-state index contributed by atoms with van der Waals surface area (Å²) in [6.07, 6.45) is -1.75. The third-order valence-electron chi connectivity index (χ3n) is 6.25. The summed E-state index contributed by atoms with van der Waals surface area (Å²) in [4.78, 5) is 18.4. The largest absolute Gasteiger partial charge is 0.433 e. The van der Waals surface area contributed by atoms with Crippen molar-refractivity contribution in [3.63, 3.8) is 0 Å². The molecule has 0 atom stereocenters. The highest BCUT2D eigenvalue weighted by atomic mass is 19.4. The number of nitriles is 1. The van der Waals surface area contributed by atoms with Crippen molar-refractivity contribution in [2.24, 2.45) is 0 Å². The fourth-order valence-corrected chi connectivity index (χ4v) is 4.38. The molecule has 1 aliphatic rings. The summed E-state index contributed by atoms with van der Waals surface area (Å²) >= 11 is 0. The van der Waals surface area contributed by atoms with Gasteiger partial charge in [-0.1, -0.05) is 18.2 Å². The Morgan fingerprint density at radius 3 is 2.40 bits per heavy atom. The lowest BCUT2D eigenvalue weighted by Gasteiger charge is -2.31. The predicted molar refractivity (Wildman–Crippen MR) is 129 cm³/mol. The second-order valence-corrected chi connectivity index (χ2v) is 9.01. The number of nitrogens with one attached hydrogen (secondary N) is 2. The molecule has 0 saturated heterocycles. The Balaban J connectivity index is 1.42. The summed E-state index contributed by atoms with van der Waals surface area (Å²) in [5.41, 5.74) is 1.40. The number of nitrogens with zero attached hydrogens (tertiary/aromatic N) is 3. The van der Waals surface area contributed by atoms with E-state index in [0.717, 1.165) is 11.8 Å². The van der Waals surface area contributed by atoms with Gasteiger partial charge in [-0.05, 0) is 56.0 Å². The molecule has 1 fully saturated rings. The van der Waals surface area contributed by atoms with Crippen molar-refractivity contribution >= 4 is 28.2 Å². The molecule has 2 N–H and O–H groups in total. The fraction of sp³-hybridized carbons (Fsp3) is 0.346. The molecule has 0 bridgehead atoms. The third kappa shape index (κ3) is 5.65. The van der Waals surface area contributed by atoms with Crippen LogP contribution in [-0.4, -0.2) is 37.1 Å². The van der Waals surface area contributed by atoms with Gasteiger partial charge >= 0.3 is 6.18 Å². The highest BCUT2D eigenvalue weighted by Crippen LogP contribution is 2.34. The van der Waals surface area contributed by atoms with E-state index in [1.807, 2.05) is 19.0 Å². The number of para-hydroxylation sites is 1. The zero-order chi connectivity index (χ0) is 25.2. The minimum atomic E-state index is -4.53. The average Bonchev–Trinajstić information content (AvgIpc) is 2.84. The number of aromatic nitrogens is 1. The van der Waals surface area contributed by atoms with E-state index >= 15 is 0 Å². The number of hydrogen-bond donors (Lipinski definition) is 2. The van der Waals surface area contributed by atoms with E-state index < -0.39 is 11.9 Å². The van der Waals surface area contributed by atoms with E-state index in [9.17, 15) is 23.2 Å². The quantitative estimate of drug-likeness (QED) is 0.514. The number of benzene rings is 2. The maximum atomic E-state index is 13.4. The number of carbonyl (C=O) groups excluding carboxylic acids is 1. The van der Waals surface area contributed by atoms with Gasteiger partial charge in [-0.25, -0.2) is 4.98 Å². The smallest absolute Gasteiger partial charge is 0.382 e. The molecule has 4 rings (SSSR count). The molecular weight excluding hydrogens is 455 g/mol. The summed E-state index contributed by atoms with van der Waals surface area (Å²) in [5.74, 6) is -0.239. The van der Waals surface area contributed by atoms with Crippen LogP contribution < -0.4 is 15.5 Å². The molecule has 6 nitrogen and oxygen atoms in total. The van der Waals surface area contributed by atoms with Crippen LogP contribution in [-0.2, 0) is 6.18 Å². The Hall–Kier alpha value is -3.80. The van der Waals surface area contributed by atoms with Gasteiger partial charge in [-0.3, -0.25) is 4.79 Å². The third-order valence-corrected chi connectivity index (χ3v) is 6.25. The summed E-state index contributed by atoms with van der Waals surface area (Å²) in [6, 6.07) is 14.9. The molecule has 2 aromatic carbocycles. The zero-order valence-electron chi connectivity index (χ0n) is 19.5. The van der Waals surface area contributed by atoms with Gasteiger partial charge in [0.15, 0.2) is 0 Å². The van der Waals surface area contributed by atoms with Crippen molar-refractivity contribution in [3.05, 3.63) is 65.4 Å². The Morgan fingerprint density at radius 2 is 1.74 bits per heavy atom. The maximum Gasteiger partial charge on any atom is 0.433 e. The van der Waals surface area contributed by atoms with E-state index in [0.29, 0.717) is 53.4 Å². The van der Waals surface area contributed by atoms with Crippen LogP contribution in [0.5, 0.6) is 0 Å². The van der Waals surface area contributed by atoms with Gasteiger partial charge in [-0.2, -0.15) is 18.4 Å². The first-order valence-electron chi connectivity index (χ1n) is 11.4. The average molecular weight is 482 g/mol. The van der Waals surface area contributed by atoms with Crippen LogP contribution in [0.25, 0.3) is 10.9 Å². The van der Waals surface area contributed by atoms with Crippen LogP contribution >= 0.6 is 0 Å². The van der Waals surface area contributed by atoms with E-state index in [1.54, 1.807) is 42.5 Å². The van der Waals surface area contributed by atoms with Gasteiger partial charge in [-0.15, -0.1) is 0 Å². The van der Waals surface area contributed by atoms with Gasteiger partial charge in [0.05, 0.1) is 17.1 Å². The SMILES string of the molecule is CN(C)c1cc(C#N)cc(C(=O)N[C@H]2CC[C@@H](Nc3cc(C(F)(F)F)nc4ccccc34)CC2)c1. The van der Waals surface area contributed by atoms with E-state index in [-0.39, 0.29) is 18.0 Å². The molecule has 0 aliphatic heterocycles. The number of alkyl halides is 3.